The van der Waals surface area contributed by atoms with Crippen molar-refractivity contribution in [2.75, 3.05) is 32.8 Å². The Morgan fingerprint density at radius 1 is 1.16 bits per heavy atom. The van der Waals surface area contributed by atoms with Crippen LogP contribution in [0.1, 0.15) is 46.6 Å². The van der Waals surface area contributed by atoms with Crippen molar-refractivity contribution in [3.05, 3.63) is 52.8 Å². The van der Waals surface area contributed by atoms with Gasteiger partial charge in [-0.05, 0) is 74.6 Å². The molecular weight excluding hydrogens is 388 g/mol. The van der Waals surface area contributed by atoms with E-state index in [2.05, 4.69) is 34.4 Å². The fourth-order valence-electron chi connectivity index (χ4n) is 5.85. The van der Waals surface area contributed by atoms with E-state index in [1.807, 2.05) is 29.8 Å². The molecule has 1 aromatic carbocycles. The van der Waals surface area contributed by atoms with E-state index in [0.29, 0.717) is 30.3 Å². The van der Waals surface area contributed by atoms with Crippen LogP contribution in [0.4, 0.5) is 0 Å². The average Bonchev–Trinajstić information content (AvgIpc) is 3.42. The highest BCUT2D eigenvalue weighted by Crippen LogP contribution is 2.37. The first kappa shape index (κ1) is 20.7. The fourth-order valence-corrected chi connectivity index (χ4v) is 5.85. The molecule has 3 aliphatic rings. The van der Waals surface area contributed by atoms with Crippen molar-refractivity contribution in [2.24, 2.45) is 17.8 Å². The van der Waals surface area contributed by atoms with Crippen molar-refractivity contribution in [1.29, 1.82) is 0 Å². The molecule has 5 rings (SSSR count). The van der Waals surface area contributed by atoms with Gasteiger partial charge in [-0.2, -0.15) is 5.10 Å². The fraction of sp³-hybridized carbons (Fsp3) is 0.600. The van der Waals surface area contributed by atoms with Gasteiger partial charge in [-0.15, -0.1) is 0 Å². The number of aryl methyl sites for hydroxylation is 2. The number of carbonyl (C=O) groups is 1. The molecule has 2 unspecified atom stereocenters. The summed E-state index contributed by atoms with van der Waals surface area (Å²) in [6.07, 6.45) is 3.65. The second-order valence-electron chi connectivity index (χ2n) is 9.83. The summed E-state index contributed by atoms with van der Waals surface area (Å²) < 4.78 is 7.55. The molecule has 2 aromatic rings. The van der Waals surface area contributed by atoms with Crippen LogP contribution >= 0.6 is 0 Å². The van der Waals surface area contributed by atoms with Crippen LogP contribution in [0.25, 0.3) is 0 Å². The number of nitrogens with zero attached hydrogens (tertiary/aromatic N) is 3. The minimum absolute atomic E-state index is 0.0646. The van der Waals surface area contributed by atoms with Gasteiger partial charge in [0.1, 0.15) is 0 Å². The highest BCUT2D eigenvalue weighted by atomic mass is 16.5. The lowest BCUT2D eigenvalue weighted by Gasteiger charge is -2.39. The lowest BCUT2D eigenvalue weighted by atomic mass is 9.91. The summed E-state index contributed by atoms with van der Waals surface area (Å²) in [6.45, 7) is 9.97. The zero-order valence-corrected chi connectivity index (χ0v) is 18.7. The first-order chi connectivity index (χ1) is 15.0. The largest absolute Gasteiger partial charge is 0.381 e. The molecule has 2 saturated heterocycles. The second-order valence-corrected chi connectivity index (χ2v) is 9.83. The van der Waals surface area contributed by atoms with Crippen molar-refractivity contribution in [2.45, 2.75) is 45.7 Å². The van der Waals surface area contributed by atoms with Crippen LogP contribution in [0, 0.1) is 31.6 Å². The molecular formula is C25H34N4O2. The maximum Gasteiger partial charge on any atom is 0.251 e. The first-order valence-corrected chi connectivity index (χ1v) is 11.8. The van der Waals surface area contributed by atoms with E-state index in [0.717, 1.165) is 55.4 Å². The van der Waals surface area contributed by atoms with Gasteiger partial charge in [0.25, 0.3) is 5.91 Å². The van der Waals surface area contributed by atoms with E-state index in [-0.39, 0.29) is 5.91 Å². The van der Waals surface area contributed by atoms with E-state index in [1.54, 1.807) is 0 Å². The third-order valence-electron chi connectivity index (χ3n) is 7.37. The number of carbonyl (C=O) groups excluding carboxylic acids is 1. The zero-order valence-electron chi connectivity index (χ0n) is 18.7. The van der Waals surface area contributed by atoms with E-state index >= 15 is 0 Å². The smallest absolute Gasteiger partial charge is 0.251 e. The molecule has 1 N–H and O–H groups in total. The van der Waals surface area contributed by atoms with Crippen LogP contribution in [-0.4, -0.2) is 59.5 Å². The molecule has 1 saturated carbocycles. The molecule has 2 aliphatic heterocycles. The summed E-state index contributed by atoms with van der Waals surface area (Å²) in [4.78, 5) is 15.7. The number of amides is 1. The summed E-state index contributed by atoms with van der Waals surface area (Å²) in [5.74, 6) is 1.90. The van der Waals surface area contributed by atoms with Gasteiger partial charge >= 0.3 is 0 Å². The SMILES string of the molecule is Cc1cc(C)n(Cc2cccc(C(=O)NC3[C@@H]4CC[C@H]3CN(CC3CCOC3)C4)c2)n1. The minimum atomic E-state index is 0.0646. The number of rotatable bonds is 6. The van der Waals surface area contributed by atoms with Gasteiger partial charge in [0.05, 0.1) is 18.8 Å². The van der Waals surface area contributed by atoms with Gasteiger partial charge in [0, 0.05) is 43.5 Å². The van der Waals surface area contributed by atoms with Gasteiger partial charge in [-0.25, -0.2) is 0 Å². The molecule has 0 spiro atoms. The van der Waals surface area contributed by atoms with Gasteiger partial charge in [0.15, 0.2) is 0 Å². The molecule has 3 fully saturated rings. The Bertz CT molecular complexity index is 919. The molecule has 1 aromatic heterocycles. The highest BCUT2D eigenvalue weighted by molar-refractivity contribution is 5.94. The van der Waals surface area contributed by atoms with Crippen molar-refractivity contribution >= 4 is 5.91 Å². The second kappa shape index (κ2) is 8.75. The Balaban J connectivity index is 1.21. The topological polar surface area (TPSA) is 59.4 Å². The molecule has 0 radical (unpaired) electrons. The summed E-state index contributed by atoms with van der Waals surface area (Å²) in [5.41, 5.74) is 4.02. The molecule has 4 atom stereocenters. The van der Waals surface area contributed by atoms with Crippen LogP contribution in [0.2, 0.25) is 0 Å². The van der Waals surface area contributed by atoms with E-state index in [9.17, 15) is 4.79 Å². The van der Waals surface area contributed by atoms with Crippen LogP contribution < -0.4 is 5.32 Å². The van der Waals surface area contributed by atoms with Gasteiger partial charge in [-0.1, -0.05) is 12.1 Å². The maximum atomic E-state index is 13.1. The quantitative estimate of drug-likeness (QED) is 0.777. The summed E-state index contributed by atoms with van der Waals surface area (Å²) >= 11 is 0. The Morgan fingerprint density at radius 2 is 1.97 bits per heavy atom. The maximum absolute atomic E-state index is 13.1. The van der Waals surface area contributed by atoms with Gasteiger partial charge in [0.2, 0.25) is 0 Å². The Morgan fingerprint density at radius 3 is 2.65 bits per heavy atom. The lowest BCUT2D eigenvalue weighted by molar-refractivity contribution is 0.0797. The van der Waals surface area contributed by atoms with Gasteiger partial charge < -0.3 is 15.0 Å². The normalized spacial score (nSPS) is 28.2. The Hall–Kier alpha value is -2.18. The van der Waals surface area contributed by atoms with E-state index < -0.39 is 0 Å². The Labute approximate surface area is 185 Å². The van der Waals surface area contributed by atoms with Crippen LogP contribution in [0.15, 0.2) is 30.3 Å². The third kappa shape index (κ3) is 4.55. The molecule has 3 heterocycles. The number of ether oxygens (including phenoxy) is 1. The van der Waals surface area contributed by atoms with E-state index in [1.165, 1.54) is 19.3 Å². The van der Waals surface area contributed by atoms with Crippen molar-refractivity contribution in [3.63, 3.8) is 0 Å². The number of hydrogen-bond donors (Lipinski definition) is 1. The highest BCUT2D eigenvalue weighted by Gasteiger charge is 2.43. The summed E-state index contributed by atoms with van der Waals surface area (Å²) in [6, 6.07) is 10.4. The van der Waals surface area contributed by atoms with Crippen molar-refractivity contribution in [3.8, 4) is 0 Å². The molecule has 1 amide bonds. The number of hydrogen-bond acceptors (Lipinski definition) is 4. The number of fused-ring (bicyclic) bond motifs is 2. The third-order valence-corrected chi connectivity index (χ3v) is 7.37. The number of likely N-dealkylation sites (tertiary alicyclic amines) is 1. The number of nitrogens with one attached hydrogen (secondary N) is 1. The summed E-state index contributed by atoms with van der Waals surface area (Å²) in [5, 5.41) is 7.95. The average molecular weight is 423 g/mol. The summed E-state index contributed by atoms with van der Waals surface area (Å²) in [7, 11) is 0. The van der Waals surface area contributed by atoms with Crippen LogP contribution in [0.3, 0.4) is 0 Å². The Kier molecular flexibility index (Phi) is 5.85. The lowest BCUT2D eigenvalue weighted by Crippen LogP contribution is -2.53. The van der Waals surface area contributed by atoms with Crippen LogP contribution in [0.5, 0.6) is 0 Å². The molecule has 31 heavy (non-hydrogen) atoms. The minimum Gasteiger partial charge on any atom is -0.381 e. The molecule has 166 valence electrons. The predicted octanol–water partition coefficient (Wildman–Crippen LogP) is 3.02. The van der Waals surface area contributed by atoms with Crippen LogP contribution in [-0.2, 0) is 11.3 Å². The first-order valence-electron chi connectivity index (χ1n) is 11.8. The monoisotopic (exact) mass is 422 g/mol. The molecule has 6 nitrogen and oxygen atoms in total. The number of aromatic nitrogens is 2. The molecule has 1 aliphatic carbocycles. The number of benzene rings is 1. The zero-order chi connectivity index (χ0) is 21.4. The predicted molar refractivity (Wildman–Crippen MR) is 120 cm³/mol. The standard InChI is InChI=1S/C25H34N4O2/c1-17-10-18(2)29(27-17)13-19-4-3-5-21(11-19)25(30)26-24-22-6-7-23(24)15-28(14-22)12-20-8-9-31-16-20/h3-5,10-11,20,22-24H,6-9,12-16H2,1-2H3,(H,26,30)/t20?,22-,23+,24?. The molecule has 6 heteroatoms. The van der Waals surface area contributed by atoms with Crippen molar-refractivity contribution < 1.29 is 9.53 Å². The van der Waals surface area contributed by atoms with Crippen molar-refractivity contribution in [1.82, 2.24) is 20.0 Å². The van der Waals surface area contributed by atoms with E-state index in [4.69, 9.17) is 4.74 Å². The van der Waals surface area contributed by atoms with Gasteiger partial charge in [-0.3, -0.25) is 9.48 Å². The molecule has 2 bridgehead atoms. The number of piperidine rings is 1.